The molecule has 0 unspecified atom stereocenters. The lowest BCUT2D eigenvalue weighted by atomic mass is 10.2. The van der Waals surface area contributed by atoms with Gasteiger partial charge >= 0.3 is 0 Å². The molecule has 0 radical (unpaired) electrons. The van der Waals surface area contributed by atoms with E-state index in [9.17, 15) is 0 Å². The average Bonchev–Trinajstić information content (AvgIpc) is 3.15. The summed E-state index contributed by atoms with van der Waals surface area (Å²) < 4.78 is 10.7. The molecule has 8 heteroatoms. The number of rotatable bonds is 4. The summed E-state index contributed by atoms with van der Waals surface area (Å²) >= 11 is 5.38. The smallest absolute Gasteiger partial charge is 0.231 e. The minimum absolute atomic E-state index is 0.281. The number of benzene rings is 1. The number of hydrogen-bond acceptors (Lipinski definition) is 6. The number of anilines is 2. The summed E-state index contributed by atoms with van der Waals surface area (Å²) in [5.74, 6) is 2.57. The topological polar surface area (TPSA) is 61.9 Å². The van der Waals surface area contributed by atoms with E-state index >= 15 is 0 Å². The second-order valence-corrected chi connectivity index (χ2v) is 7.10. The van der Waals surface area contributed by atoms with E-state index < -0.39 is 0 Å². The number of fused-ring (bicyclic) bond motifs is 1. The van der Waals surface area contributed by atoms with Crippen molar-refractivity contribution in [2.45, 2.75) is 6.54 Å². The molecular formula is C19H23N5O2S. The highest BCUT2D eigenvalue weighted by molar-refractivity contribution is 7.80. The van der Waals surface area contributed by atoms with Gasteiger partial charge in [-0.25, -0.2) is 4.98 Å². The summed E-state index contributed by atoms with van der Waals surface area (Å²) in [7, 11) is 2.15. The maximum absolute atomic E-state index is 5.40. The Bertz CT molecular complexity index is 806. The molecular weight excluding hydrogens is 362 g/mol. The number of hydrogen-bond donors (Lipinski definition) is 2. The van der Waals surface area contributed by atoms with Crippen molar-refractivity contribution in [3.63, 3.8) is 0 Å². The Morgan fingerprint density at radius 3 is 2.70 bits per heavy atom. The number of aromatic nitrogens is 1. The standard InChI is InChI=1S/C19H23N5O2S/c1-23-6-8-24(9-7-23)18-5-3-15(12-20-18)22-19(27)21-11-14-2-4-16-17(10-14)26-13-25-16/h2-5,10,12H,6-9,11,13H2,1H3,(H2,21,22,27). The van der Waals surface area contributed by atoms with Crippen LogP contribution in [-0.2, 0) is 6.54 Å². The summed E-state index contributed by atoms with van der Waals surface area (Å²) in [6.45, 7) is 5.03. The number of pyridine rings is 1. The molecule has 0 aliphatic carbocycles. The van der Waals surface area contributed by atoms with Crippen LogP contribution in [-0.4, -0.2) is 55.0 Å². The first-order valence-electron chi connectivity index (χ1n) is 9.00. The molecule has 7 nitrogen and oxygen atoms in total. The predicted octanol–water partition coefficient (Wildman–Crippen LogP) is 2.05. The lowest BCUT2D eigenvalue weighted by Gasteiger charge is -2.33. The molecule has 0 amide bonds. The highest BCUT2D eigenvalue weighted by Crippen LogP contribution is 2.32. The van der Waals surface area contributed by atoms with Crippen molar-refractivity contribution in [2.24, 2.45) is 0 Å². The fourth-order valence-corrected chi connectivity index (χ4v) is 3.28. The quantitative estimate of drug-likeness (QED) is 0.776. The second kappa shape index (κ2) is 7.98. The Morgan fingerprint density at radius 1 is 1.11 bits per heavy atom. The van der Waals surface area contributed by atoms with Gasteiger partial charge in [-0.2, -0.15) is 0 Å². The first-order valence-corrected chi connectivity index (χ1v) is 9.41. The van der Waals surface area contributed by atoms with Gasteiger partial charge in [0.05, 0.1) is 11.9 Å². The SMILES string of the molecule is CN1CCN(c2ccc(NC(=S)NCc3ccc4c(c3)OCO4)cn2)CC1. The number of thiocarbonyl (C=S) groups is 1. The fourth-order valence-electron chi connectivity index (χ4n) is 3.09. The van der Waals surface area contributed by atoms with Gasteiger partial charge in [0, 0.05) is 32.7 Å². The molecule has 0 atom stereocenters. The normalized spacial score (nSPS) is 16.3. The Kier molecular flexibility index (Phi) is 5.26. The minimum atomic E-state index is 0.281. The van der Waals surface area contributed by atoms with Crippen LogP contribution >= 0.6 is 12.2 Å². The van der Waals surface area contributed by atoms with Gasteiger partial charge in [0.2, 0.25) is 6.79 Å². The van der Waals surface area contributed by atoms with Gasteiger partial charge in [-0.15, -0.1) is 0 Å². The molecule has 3 heterocycles. The Balaban J connectivity index is 1.28. The molecule has 0 saturated carbocycles. The Morgan fingerprint density at radius 2 is 1.93 bits per heavy atom. The first kappa shape index (κ1) is 17.8. The van der Waals surface area contributed by atoms with Crippen molar-refractivity contribution in [1.29, 1.82) is 0 Å². The van der Waals surface area contributed by atoms with Crippen LogP contribution in [0.1, 0.15) is 5.56 Å². The lowest BCUT2D eigenvalue weighted by Crippen LogP contribution is -2.44. The molecule has 1 saturated heterocycles. The molecule has 27 heavy (non-hydrogen) atoms. The van der Waals surface area contributed by atoms with E-state index in [1.807, 2.05) is 36.5 Å². The van der Waals surface area contributed by atoms with Gasteiger partial charge in [0.15, 0.2) is 16.6 Å². The molecule has 2 N–H and O–H groups in total. The highest BCUT2D eigenvalue weighted by Gasteiger charge is 2.15. The number of piperazine rings is 1. The molecule has 1 aromatic carbocycles. The van der Waals surface area contributed by atoms with Crippen molar-refractivity contribution in [2.75, 3.05) is 50.2 Å². The average molecular weight is 385 g/mol. The van der Waals surface area contributed by atoms with Gasteiger partial charge in [-0.05, 0) is 49.1 Å². The second-order valence-electron chi connectivity index (χ2n) is 6.69. The summed E-state index contributed by atoms with van der Waals surface area (Å²) in [5, 5.41) is 6.94. The van der Waals surface area contributed by atoms with Crippen molar-refractivity contribution >= 4 is 28.8 Å². The van der Waals surface area contributed by atoms with Crippen LogP contribution in [0.2, 0.25) is 0 Å². The van der Waals surface area contributed by atoms with Crippen LogP contribution in [0.25, 0.3) is 0 Å². The van der Waals surface area contributed by atoms with E-state index in [0.717, 1.165) is 54.7 Å². The van der Waals surface area contributed by atoms with Crippen molar-refractivity contribution in [3.05, 3.63) is 42.1 Å². The zero-order valence-electron chi connectivity index (χ0n) is 15.3. The molecule has 2 aliphatic rings. The van der Waals surface area contributed by atoms with Crippen LogP contribution in [0.5, 0.6) is 11.5 Å². The lowest BCUT2D eigenvalue weighted by molar-refractivity contribution is 0.174. The minimum Gasteiger partial charge on any atom is -0.454 e. The fraction of sp³-hybridized carbons (Fsp3) is 0.368. The van der Waals surface area contributed by atoms with Crippen LogP contribution in [0.4, 0.5) is 11.5 Å². The van der Waals surface area contributed by atoms with Gasteiger partial charge in [-0.3, -0.25) is 0 Å². The summed E-state index contributed by atoms with van der Waals surface area (Å²) in [5.41, 5.74) is 1.95. The zero-order valence-corrected chi connectivity index (χ0v) is 16.1. The number of nitrogens with zero attached hydrogens (tertiary/aromatic N) is 3. The van der Waals surface area contributed by atoms with Crippen molar-refractivity contribution in [3.8, 4) is 11.5 Å². The Labute approximate surface area is 164 Å². The molecule has 4 rings (SSSR count). The van der Waals surface area contributed by atoms with E-state index in [0.29, 0.717) is 11.7 Å². The maximum Gasteiger partial charge on any atom is 0.231 e. The third-order valence-corrected chi connectivity index (χ3v) is 4.97. The van der Waals surface area contributed by atoms with Gasteiger partial charge in [0.1, 0.15) is 5.82 Å². The highest BCUT2D eigenvalue weighted by atomic mass is 32.1. The van der Waals surface area contributed by atoms with Crippen LogP contribution in [0.3, 0.4) is 0 Å². The van der Waals surface area contributed by atoms with E-state index in [1.54, 1.807) is 0 Å². The van der Waals surface area contributed by atoms with Crippen molar-refractivity contribution < 1.29 is 9.47 Å². The van der Waals surface area contributed by atoms with E-state index in [2.05, 4.69) is 32.5 Å². The third kappa shape index (κ3) is 4.40. The predicted molar refractivity (Wildman–Crippen MR) is 110 cm³/mol. The van der Waals surface area contributed by atoms with Gasteiger partial charge in [-0.1, -0.05) is 6.07 Å². The van der Waals surface area contributed by atoms with Gasteiger partial charge in [0.25, 0.3) is 0 Å². The molecule has 0 bridgehead atoms. The maximum atomic E-state index is 5.40. The molecule has 142 valence electrons. The molecule has 1 aromatic heterocycles. The van der Waals surface area contributed by atoms with Crippen LogP contribution in [0.15, 0.2) is 36.5 Å². The van der Waals surface area contributed by atoms with Crippen LogP contribution in [0, 0.1) is 0 Å². The monoisotopic (exact) mass is 385 g/mol. The summed E-state index contributed by atoms with van der Waals surface area (Å²) in [6, 6.07) is 9.92. The van der Waals surface area contributed by atoms with E-state index in [4.69, 9.17) is 21.7 Å². The summed E-state index contributed by atoms with van der Waals surface area (Å²) in [6.07, 6.45) is 1.82. The molecule has 2 aliphatic heterocycles. The van der Waals surface area contributed by atoms with Crippen molar-refractivity contribution in [1.82, 2.24) is 15.2 Å². The third-order valence-electron chi connectivity index (χ3n) is 4.72. The Hall–Kier alpha value is -2.58. The summed E-state index contributed by atoms with van der Waals surface area (Å²) in [4.78, 5) is 9.20. The van der Waals surface area contributed by atoms with Crippen LogP contribution < -0.4 is 25.0 Å². The van der Waals surface area contributed by atoms with Gasteiger partial charge < -0.3 is 29.9 Å². The van der Waals surface area contributed by atoms with E-state index in [-0.39, 0.29) is 6.79 Å². The zero-order chi connectivity index (χ0) is 18.6. The molecule has 2 aromatic rings. The molecule has 0 spiro atoms. The number of nitrogens with one attached hydrogen (secondary N) is 2. The largest absolute Gasteiger partial charge is 0.454 e. The first-order chi connectivity index (χ1) is 13.2. The number of ether oxygens (including phenoxy) is 2. The molecule has 1 fully saturated rings. The number of likely N-dealkylation sites (N-methyl/N-ethyl adjacent to an activating group) is 1. The van der Waals surface area contributed by atoms with E-state index in [1.165, 1.54) is 0 Å².